The fourth-order valence-corrected chi connectivity index (χ4v) is 4.53. The van der Waals surface area contributed by atoms with E-state index in [1.165, 1.54) is 18.6 Å². The number of hydrogen-bond donors (Lipinski definition) is 2. The standard InChI is InChI=1S/C28H36F2N2O5/c1-2-36-26(27(33)34)16-20-8-12-24(13-9-20)37-15-14-32(19-21-6-4-3-5-7-21)28(35)31-18-22-10-11-23(29)17-25(22)30/h8-13,17,21,26H,2-7,14-16,18-19H2,1H3,(H,31,35)(H,33,34). The molecule has 1 fully saturated rings. The molecule has 0 aliphatic heterocycles. The largest absolute Gasteiger partial charge is 0.492 e. The van der Waals surface area contributed by atoms with Gasteiger partial charge in [0.05, 0.1) is 6.54 Å². The molecule has 2 N–H and O–H groups in total. The van der Waals surface area contributed by atoms with Crippen LogP contribution < -0.4 is 10.1 Å². The van der Waals surface area contributed by atoms with Crippen molar-refractivity contribution in [2.75, 3.05) is 26.3 Å². The number of ether oxygens (including phenoxy) is 2. The minimum atomic E-state index is -0.999. The molecule has 0 spiro atoms. The second kappa shape index (κ2) is 14.5. The third-order valence-electron chi connectivity index (χ3n) is 6.55. The van der Waals surface area contributed by atoms with Crippen molar-refractivity contribution in [3.63, 3.8) is 0 Å². The zero-order valence-corrected chi connectivity index (χ0v) is 21.3. The van der Waals surface area contributed by atoms with E-state index in [1.807, 2.05) is 0 Å². The minimum absolute atomic E-state index is 0.0342. The molecule has 0 bridgehead atoms. The third-order valence-corrected chi connectivity index (χ3v) is 6.55. The molecule has 1 aliphatic carbocycles. The van der Waals surface area contributed by atoms with E-state index in [4.69, 9.17) is 9.47 Å². The van der Waals surface area contributed by atoms with Gasteiger partial charge in [-0.1, -0.05) is 37.5 Å². The van der Waals surface area contributed by atoms with Gasteiger partial charge in [0.2, 0.25) is 0 Å². The van der Waals surface area contributed by atoms with Gasteiger partial charge in [-0.05, 0) is 49.4 Å². The van der Waals surface area contributed by atoms with Crippen molar-refractivity contribution in [1.29, 1.82) is 0 Å². The Balaban J connectivity index is 1.54. The highest BCUT2D eigenvalue weighted by Gasteiger charge is 2.22. The van der Waals surface area contributed by atoms with Crippen LogP contribution in [0, 0.1) is 17.6 Å². The predicted molar refractivity (Wildman–Crippen MR) is 135 cm³/mol. The highest BCUT2D eigenvalue weighted by atomic mass is 19.1. The quantitative estimate of drug-likeness (QED) is 0.382. The van der Waals surface area contributed by atoms with Crippen LogP contribution in [0.5, 0.6) is 5.75 Å². The maximum atomic E-state index is 14.0. The first-order valence-corrected chi connectivity index (χ1v) is 12.9. The lowest BCUT2D eigenvalue weighted by Crippen LogP contribution is -2.44. The first-order valence-electron chi connectivity index (χ1n) is 12.9. The van der Waals surface area contributed by atoms with E-state index < -0.39 is 23.7 Å². The summed E-state index contributed by atoms with van der Waals surface area (Å²) in [5, 5.41) is 12.0. The van der Waals surface area contributed by atoms with E-state index in [1.54, 1.807) is 36.1 Å². The summed E-state index contributed by atoms with van der Waals surface area (Å²) in [6.45, 7) is 3.25. The van der Waals surface area contributed by atoms with Crippen LogP contribution in [0.3, 0.4) is 0 Å². The van der Waals surface area contributed by atoms with Crippen LogP contribution in [-0.4, -0.2) is 54.4 Å². The Morgan fingerprint density at radius 3 is 2.49 bits per heavy atom. The molecule has 0 saturated heterocycles. The normalized spacial score (nSPS) is 14.7. The number of amides is 2. The average Bonchev–Trinajstić information content (AvgIpc) is 2.88. The molecule has 1 saturated carbocycles. The summed E-state index contributed by atoms with van der Waals surface area (Å²) in [4.78, 5) is 26.0. The summed E-state index contributed by atoms with van der Waals surface area (Å²) in [7, 11) is 0. The number of carboxylic acid groups (broad SMARTS) is 1. The number of aliphatic carboxylic acids is 1. The van der Waals surface area contributed by atoms with Crippen molar-refractivity contribution in [2.45, 2.75) is 58.1 Å². The van der Waals surface area contributed by atoms with Gasteiger partial charge >= 0.3 is 12.0 Å². The molecule has 1 aliphatic rings. The number of nitrogens with zero attached hydrogens (tertiary/aromatic N) is 1. The molecular weight excluding hydrogens is 482 g/mol. The number of urea groups is 1. The van der Waals surface area contributed by atoms with Crippen molar-refractivity contribution in [3.8, 4) is 5.75 Å². The van der Waals surface area contributed by atoms with Crippen LogP contribution in [0.25, 0.3) is 0 Å². The second-order valence-corrected chi connectivity index (χ2v) is 9.32. The average molecular weight is 519 g/mol. The summed E-state index contributed by atoms with van der Waals surface area (Å²) in [6.07, 6.45) is 5.00. The van der Waals surface area contributed by atoms with Crippen LogP contribution in [0.1, 0.15) is 50.2 Å². The molecular formula is C28H36F2N2O5. The summed E-state index contributed by atoms with van der Waals surface area (Å²) in [5.74, 6) is -1.33. The highest BCUT2D eigenvalue weighted by Crippen LogP contribution is 2.24. The van der Waals surface area contributed by atoms with Crippen molar-refractivity contribution < 1.29 is 33.0 Å². The SMILES string of the molecule is CCOC(Cc1ccc(OCCN(CC2CCCCC2)C(=O)NCc2ccc(F)cc2F)cc1)C(=O)O. The van der Waals surface area contributed by atoms with Crippen molar-refractivity contribution in [1.82, 2.24) is 10.2 Å². The number of carbonyl (C=O) groups is 2. The van der Waals surface area contributed by atoms with Crippen LogP contribution in [0.15, 0.2) is 42.5 Å². The molecule has 0 heterocycles. The van der Waals surface area contributed by atoms with Gasteiger partial charge in [-0.3, -0.25) is 0 Å². The van der Waals surface area contributed by atoms with Gasteiger partial charge in [0.1, 0.15) is 24.0 Å². The Bertz CT molecular complexity index is 1010. The summed E-state index contributed by atoms with van der Waals surface area (Å²) in [6, 6.07) is 10.1. The van der Waals surface area contributed by atoms with Crippen LogP contribution in [0.2, 0.25) is 0 Å². The Kier molecular flexibility index (Phi) is 11.1. The lowest BCUT2D eigenvalue weighted by atomic mass is 9.89. The summed E-state index contributed by atoms with van der Waals surface area (Å²) < 4.78 is 38.3. The molecule has 2 aromatic carbocycles. The molecule has 37 heavy (non-hydrogen) atoms. The highest BCUT2D eigenvalue weighted by molar-refractivity contribution is 5.74. The molecule has 0 aromatic heterocycles. The molecule has 1 atom stereocenters. The van der Waals surface area contributed by atoms with E-state index >= 15 is 0 Å². The Hall–Kier alpha value is -3.20. The topological polar surface area (TPSA) is 88.1 Å². The van der Waals surface area contributed by atoms with Gasteiger partial charge in [-0.15, -0.1) is 0 Å². The third kappa shape index (κ3) is 9.31. The molecule has 7 nitrogen and oxygen atoms in total. The monoisotopic (exact) mass is 518 g/mol. The van der Waals surface area contributed by atoms with Crippen molar-refractivity contribution in [2.24, 2.45) is 5.92 Å². The molecule has 2 amide bonds. The molecule has 9 heteroatoms. The second-order valence-electron chi connectivity index (χ2n) is 9.32. The Morgan fingerprint density at radius 2 is 1.84 bits per heavy atom. The van der Waals surface area contributed by atoms with Gasteiger partial charge < -0.3 is 24.8 Å². The van der Waals surface area contributed by atoms with Gasteiger partial charge in [0.15, 0.2) is 6.10 Å². The predicted octanol–water partition coefficient (Wildman–Crippen LogP) is 5.17. The number of carboxylic acids is 1. The van der Waals surface area contributed by atoms with Gasteiger partial charge in [0.25, 0.3) is 0 Å². The van der Waals surface area contributed by atoms with E-state index in [2.05, 4.69) is 5.32 Å². The van der Waals surface area contributed by atoms with Gasteiger partial charge in [0, 0.05) is 37.7 Å². The zero-order valence-electron chi connectivity index (χ0n) is 21.3. The van der Waals surface area contributed by atoms with Crippen LogP contribution in [-0.2, 0) is 22.5 Å². The van der Waals surface area contributed by atoms with Gasteiger partial charge in [-0.2, -0.15) is 0 Å². The van der Waals surface area contributed by atoms with E-state index in [-0.39, 0.29) is 31.2 Å². The summed E-state index contributed by atoms with van der Waals surface area (Å²) in [5.41, 5.74) is 1.04. The fourth-order valence-electron chi connectivity index (χ4n) is 4.53. The lowest BCUT2D eigenvalue weighted by Gasteiger charge is -2.30. The first kappa shape index (κ1) is 28.4. The molecule has 202 valence electrons. The van der Waals surface area contributed by atoms with E-state index in [0.29, 0.717) is 31.4 Å². The number of halogens is 2. The molecule has 3 rings (SSSR count). The van der Waals surface area contributed by atoms with E-state index in [9.17, 15) is 23.5 Å². The Labute approximate surface area is 216 Å². The van der Waals surface area contributed by atoms with Crippen LogP contribution in [0.4, 0.5) is 13.6 Å². The number of hydrogen-bond acceptors (Lipinski definition) is 4. The zero-order chi connectivity index (χ0) is 26.6. The lowest BCUT2D eigenvalue weighted by molar-refractivity contribution is -0.149. The number of nitrogens with one attached hydrogen (secondary N) is 1. The number of rotatable bonds is 13. The molecule has 2 aromatic rings. The maximum Gasteiger partial charge on any atom is 0.333 e. The van der Waals surface area contributed by atoms with Crippen molar-refractivity contribution in [3.05, 3.63) is 65.2 Å². The molecule has 1 unspecified atom stereocenters. The van der Waals surface area contributed by atoms with E-state index in [0.717, 1.165) is 37.3 Å². The summed E-state index contributed by atoms with van der Waals surface area (Å²) >= 11 is 0. The minimum Gasteiger partial charge on any atom is -0.492 e. The molecule has 0 radical (unpaired) electrons. The number of carbonyl (C=O) groups excluding carboxylic acids is 1. The Morgan fingerprint density at radius 1 is 1.11 bits per heavy atom. The fraction of sp³-hybridized carbons (Fsp3) is 0.500. The van der Waals surface area contributed by atoms with Crippen molar-refractivity contribution >= 4 is 12.0 Å². The number of benzene rings is 2. The maximum absolute atomic E-state index is 14.0. The van der Waals surface area contributed by atoms with Gasteiger partial charge in [-0.25, -0.2) is 18.4 Å². The first-order chi connectivity index (χ1) is 17.9. The van der Waals surface area contributed by atoms with Crippen LogP contribution >= 0.6 is 0 Å². The smallest absolute Gasteiger partial charge is 0.333 e.